The van der Waals surface area contributed by atoms with Gasteiger partial charge in [-0.2, -0.15) is 0 Å². The fourth-order valence-corrected chi connectivity index (χ4v) is 1.73. The van der Waals surface area contributed by atoms with Crippen molar-refractivity contribution in [3.63, 3.8) is 0 Å². The fourth-order valence-electron chi connectivity index (χ4n) is 1.73. The predicted octanol–water partition coefficient (Wildman–Crippen LogP) is 2.44. The Morgan fingerprint density at radius 3 is 2.47 bits per heavy atom. The normalized spacial score (nSPS) is 12.0. The molecule has 1 heterocycles. The molecule has 7 nitrogen and oxygen atoms in total. The van der Waals surface area contributed by atoms with Crippen molar-refractivity contribution >= 4 is 17.3 Å². The maximum atomic E-state index is 11.3. The van der Waals surface area contributed by atoms with Gasteiger partial charge in [0.25, 0.3) is 0 Å². The first-order chi connectivity index (χ1) is 9.04. The average Bonchev–Trinajstić information content (AvgIpc) is 2.39. The molecule has 0 saturated heterocycles. The van der Waals surface area contributed by atoms with E-state index >= 15 is 0 Å². The van der Waals surface area contributed by atoms with E-state index in [0.29, 0.717) is 18.9 Å². The molecular weight excluding hydrogens is 246 g/mol. The summed E-state index contributed by atoms with van der Waals surface area (Å²) in [7, 11) is 0. The Kier molecular flexibility index (Phi) is 5.47. The molecule has 1 atom stereocenters. The summed E-state index contributed by atoms with van der Waals surface area (Å²) < 4.78 is 0. The lowest BCUT2D eigenvalue weighted by Crippen LogP contribution is -2.25. The lowest BCUT2D eigenvalue weighted by Gasteiger charge is -2.20. The van der Waals surface area contributed by atoms with Gasteiger partial charge in [-0.05, 0) is 27.2 Å². The highest BCUT2D eigenvalue weighted by Crippen LogP contribution is 2.31. The van der Waals surface area contributed by atoms with Gasteiger partial charge in [0.2, 0.25) is 11.6 Å². The molecule has 0 aromatic carbocycles. The summed E-state index contributed by atoms with van der Waals surface area (Å²) in [4.78, 5) is 20.8. The van der Waals surface area contributed by atoms with E-state index in [9.17, 15) is 10.1 Å². The van der Waals surface area contributed by atoms with E-state index in [2.05, 4.69) is 15.3 Å². The molecule has 1 N–H and O–H groups in total. The van der Waals surface area contributed by atoms with E-state index in [4.69, 9.17) is 0 Å². The van der Waals surface area contributed by atoms with Crippen molar-refractivity contribution in [3.8, 4) is 0 Å². The van der Waals surface area contributed by atoms with Gasteiger partial charge >= 0.3 is 5.69 Å². The number of anilines is 2. The lowest BCUT2D eigenvalue weighted by atomic mass is 10.2. The smallest absolute Gasteiger partial charge is 0.353 e. The molecule has 1 rings (SSSR count). The summed E-state index contributed by atoms with van der Waals surface area (Å²) in [6, 6.07) is 0.123. The molecule has 19 heavy (non-hydrogen) atoms. The van der Waals surface area contributed by atoms with E-state index < -0.39 is 4.92 Å². The van der Waals surface area contributed by atoms with Gasteiger partial charge in [0.05, 0.1) is 4.92 Å². The quantitative estimate of drug-likeness (QED) is 0.603. The van der Waals surface area contributed by atoms with Crippen molar-refractivity contribution in [1.82, 2.24) is 9.97 Å². The van der Waals surface area contributed by atoms with Crippen LogP contribution in [0.25, 0.3) is 0 Å². The zero-order valence-corrected chi connectivity index (χ0v) is 11.9. The fraction of sp³-hybridized carbons (Fsp3) is 0.667. The first kappa shape index (κ1) is 15.1. The van der Waals surface area contributed by atoms with Crippen molar-refractivity contribution in [2.45, 2.75) is 40.2 Å². The molecule has 0 amide bonds. The first-order valence-corrected chi connectivity index (χ1v) is 6.55. The summed E-state index contributed by atoms with van der Waals surface area (Å²) in [6.45, 7) is 9.18. The van der Waals surface area contributed by atoms with Crippen LogP contribution in [0.2, 0.25) is 0 Å². The van der Waals surface area contributed by atoms with E-state index in [1.165, 1.54) is 6.33 Å². The minimum absolute atomic E-state index is 0.0495. The van der Waals surface area contributed by atoms with Crippen LogP contribution in [0.5, 0.6) is 0 Å². The van der Waals surface area contributed by atoms with E-state index in [0.717, 1.165) is 6.42 Å². The maximum Gasteiger partial charge on any atom is 0.353 e. The van der Waals surface area contributed by atoms with E-state index in [-0.39, 0.29) is 17.5 Å². The third-order valence-electron chi connectivity index (χ3n) is 3.04. The minimum Gasteiger partial charge on any atom is -0.362 e. The number of nitrogens with zero attached hydrogens (tertiary/aromatic N) is 4. The second kappa shape index (κ2) is 6.86. The Morgan fingerprint density at radius 2 is 2.00 bits per heavy atom. The molecule has 0 radical (unpaired) electrons. The third-order valence-corrected chi connectivity index (χ3v) is 3.04. The van der Waals surface area contributed by atoms with E-state index in [1.807, 2.05) is 32.6 Å². The molecule has 0 aliphatic heterocycles. The van der Waals surface area contributed by atoms with Crippen molar-refractivity contribution < 1.29 is 4.92 Å². The SMILES string of the molecule is CCC(C)Nc1ncnc(N(CC)CC)c1[N+](=O)[O-]. The van der Waals surface area contributed by atoms with Crippen molar-refractivity contribution in [2.75, 3.05) is 23.3 Å². The number of rotatable bonds is 7. The Hall–Kier alpha value is -1.92. The van der Waals surface area contributed by atoms with Crippen LogP contribution in [0.15, 0.2) is 6.33 Å². The van der Waals surface area contributed by atoms with Crippen LogP contribution < -0.4 is 10.2 Å². The average molecular weight is 267 g/mol. The molecule has 0 saturated carbocycles. The van der Waals surface area contributed by atoms with Crippen molar-refractivity contribution in [3.05, 3.63) is 16.4 Å². The highest BCUT2D eigenvalue weighted by Gasteiger charge is 2.26. The molecule has 106 valence electrons. The van der Waals surface area contributed by atoms with Crippen LogP contribution in [0.4, 0.5) is 17.3 Å². The largest absolute Gasteiger partial charge is 0.362 e. The highest BCUT2D eigenvalue weighted by molar-refractivity contribution is 5.70. The summed E-state index contributed by atoms with van der Waals surface area (Å²) in [5, 5.41) is 14.4. The number of hydrogen-bond acceptors (Lipinski definition) is 6. The summed E-state index contributed by atoms with van der Waals surface area (Å²) in [6.07, 6.45) is 2.23. The second-order valence-corrected chi connectivity index (χ2v) is 4.28. The van der Waals surface area contributed by atoms with Gasteiger partial charge in [-0.15, -0.1) is 0 Å². The van der Waals surface area contributed by atoms with Crippen LogP contribution >= 0.6 is 0 Å². The van der Waals surface area contributed by atoms with Gasteiger partial charge in [0.1, 0.15) is 6.33 Å². The lowest BCUT2D eigenvalue weighted by molar-refractivity contribution is -0.383. The summed E-state index contributed by atoms with van der Waals surface area (Å²) >= 11 is 0. The number of nitrogens with one attached hydrogen (secondary N) is 1. The molecule has 0 aliphatic carbocycles. The molecule has 0 spiro atoms. The number of aromatic nitrogens is 2. The van der Waals surface area contributed by atoms with Crippen LogP contribution in [-0.4, -0.2) is 34.0 Å². The van der Waals surface area contributed by atoms with Crippen LogP contribution in [-0.2, 0) is 0 Å². The van der Waals surface area contributed by atoms with Crippen LogP contribution in [0.1, 0.15) is 34.1 Å². The van der Waals surface area contributed by atoms with E-state index in [1.54, 1.807) is 0 Å². The molecule has 1 aromatic rings. The molecule has 0 bridgehead atoms. The van der Waals surface area contributed by atoms with Gasteiger partial charge in [0.15, 0.2) is 0 Å². The molecule has 0 fully saturated rings. The van der Waals surface area contributed by atoms with Gasteiger partial charge < -0.3 is 10.2 Å². The molecule has 1 unspecified atom stereocenters. The van der Waals surface area contributed by atoms with Gasteiger partial charge in [0, 0.05) is 19.1 Å². The van der Waals surface area contributed by atoms with Crippen molar-refractivity contribution in [2.24, 2.45) is 0 Å². The molecule has 7 heteroatoms. The predicted molar refractivity (Wildman–Crippen MR) is 75.6 cm³/mol. The Morgan fingerprint density at radius 1 is 1.37 bits per heavy atom. The van der Waals surface area contributed by atoms with Gasteiger partial charge in [-0.3, -0.25) is 10.1 Å². The Labute approximate surface area is 113 Å². The molecular formula is C12H21N5O2. The van der Waals surface area contributed by atoms with Gasteiger partial charge in [-0.1, -0.05) is 6.92 Å². The third kappa shape index (κ3) is 3.52. The zero-order valence-electron chi connectivity index (χ0n) is 11.9. The first-order valence-electron chi connectivity index (χ1n) is 6.55. The van der Waals surface area contributed by atoms with Crippen LogP contribution in [0, 0.1) is 10.1 Å². The summed E-state index contributed by atoms with van der Waals surface area (Å²) in [5.74, 6) is 0.659. The summed E-state index contributed by atoms with van der Waals surface area (Å²) in [5.41, 5.74) is -0.0495. The maximum absolute atomic E-state index is 11.3. The monoisotopic (exact) mass is 267 g/mol. The number of nitro groups is 1. The standard InChI is InChI=1S/C12H21N5O2/c1-5-9(4)15-11-10(17(18)19)12(14-8-13-11)16(6-2)7-3/h8-9H,5-7H2,1-4H3,(H,13,14,15). The van der Waals surface area contributed by atoms with Crippen molar-refractivity contribution in [1.29, 1.82) is 0 Å². The second-order valence-electron chi connectivity index (χ2n) is 4.28. The van der Waals surface area contributed by atoms with Crippen LogP contribution in [0.3, 0.4) is 0 Å². The zero-order chi connectivity index (χ0) is 14.4. The Balaban J connectivity index is 3.25. The topological polar surface area (TPSA) is 84.2 Å². The molecule has 1 aromatic heterocycles. The Bertz CT molecular complexity index is 434. The highest BCUT2D eigenvalue weighted by atomic mass is 16.6. The minimum atomic E-state index is -0.418. The molecule has 0 aliphatic rings. The number of hydrogen-bond donors (Lipinski definition) is 1. The van der Waals surface area contributed by atoms with Gasteiger partial charge in [-0.25, -0.2) is 9.97 Å².